The summed E-state index contributed by atoms with van der Waals surface area (Å²) in [6, 6.07) is 6.12. The highest BCUT2D eigenvalue weighted by Crippen LogP contribution is 2.23. The molecule has 2 aromatic rings. The van der Waals surface area contributed by atoms with Crippen LogP contribution in [0.5, 0.6) is 0 Å². The molecule has 2 amide bonds. The van der Waals surface area contributed by atoms with Gasteiger partial charge in [-0.15, -0.1) is 10.2 Å². The van der Waals surface area contributed by atoms with Crippen molar-refractivity contribution in [2.75, 3.05) is 38.0 Å². The van der Waals surface area contributed by atoms with Crippen LogP contribution in [0.4, 0.5) is 5.13 Å². The zero-order valence-corrected chi connectivity index (χ0v) is 15.3. The van der Waals surface area contributed by atoms with E-state index in [2.05, 4.69) is 32.5 Å². The Kier molecular flexibility index (Phi) is 4.94. The summed E-state index contributed by atoms with van der Waals surface area (Å²) in [7, 11) is 0. The van der Waals surface area contributed by atoms with Crippen molar-refractivity contribution in [3.8, 4) is 0 Å². The molecule has 1 aromatic carbocycles. The Morgan fingerprint density at radius 1 is 1.12 bits per heavy atom. The Balaban J connectivity index is 1.29. The molecule has 0 unspecified atom stereocenters. The van der Waals surface area contributed by atoms with Crippen molar-refractivity contribution in [1.29, 1.82) is 0 Å². The largest absolute Gasteiger partial charge is 0.336 e. The second-order valence-corrected chi connectivity index (χ2v) is 7.53. The molecule has 0 radical (unpaired) electrons. The number of nitrogens with one attached hydrogen (secondary N) is 1. The average Bonchev–Trinajstić information content (AvgIpc) is 3.32. The predicted molar refractivity (Wildman–Crippen MR) is 99.3 cm³/mol. The molecule has 0 atom stereocenters. The SMILES string of the molecule is O=C(CN1CCN(C(=O)c2ccc3c(c2)CCC3)CC1)Nc1nncs1. The van der Waals surface area contributed by atoms with Crippen LogP contribution in [-0.2, 0) is 17.6 Å². The van der Waals surface area contributed by atoms with Crippen molar-refractivity contribution in [2.45, 2.75) is 19.3 Å². The number of amides is 2. The Morgan fingerprint density at radius 3 is 2.69 bits per heavy atom. The number of rotatable bonds is 4. The number of anilines is 1. The molecule has 4 rings (SSSR count). The van der Waals surface area contributed by atoms with Gasteiger partial charge in [-0.05, 0) is 42.5 Å². The minimum Gasteiger partial charge on any atom is -0.336 e. The van der Waals surface area contributed by atoms with E-state index < -0.39 is 0 Å². The van der Waals surface area contributed by atoms with E-state index in [4.69, 9.17) is 0 Å². The van der Waals surface area contributed by atoms with Gasteiger partial charge in [0.25, 0.3) is 5.91 Å². The van der Waals surface area contributed by atoms with Gasteiger partial charge in [0.2, 0.25) is 11.0 Å². The molecular weight excluding hydrogens is 350 g/mol. The van der Waals surface area contributed by atoms with E-state index in [9.17, 15) is 9.59 Å². The molecule has 2 heterocycles. The number of hydrogen-bond donors (Lipinski definition) is 1. The Morgan fingerprint density at radius 2 is 1.92 bits per heavy atom. The quantitative estimate of drug-likeness (QED) is 0.880. The summed E-state index contributed by atoms with van der Waals surface area (Å²) in [5.41, 5.74) is 5.07. The van der Waals surface area contributed by atoms with E-state index in [1.54, 1.807) is 5.51 Å². The van der Waals surface area contributed by atoms with E-state index >= 15 is 0 Å². The minimum absolute atomic E-state index is 0.0951. The maximum Gasteiger partial charge on any atom is 0.253 e. The lowest BCUT2D eigenvalue weighted by Gasteiger charge is -2.34. The molecule has 1 saturated heterocycles. The fraction of sp³-hybridized carbons (Fsp3) is 0.444. The van der Waals surface area contributed by atoms with Crippen molar-refractivity contribution >= 4 is 28.3 Å². The summed E-state index contributed by atoms with van der Waals surface area (Å²) in [5.74, 6) is -0.00203. The van der Waals surface area contributed by atoms with Crippen molar-refractivity contribution in [1.82, 2.24) is 20.0 Å². The summed E-state index contributed by atoms with van der Waals surface area (Å²) in [4.78, 5) is 28.7. The summed E-state index contributed by atoms with van der Waals surface area (Å²) in [6.07, 6.45) is 3.39. The molecule has 26 heavy (non-hydrogen) atoms. The molecule has 1 N–H and O–H groups in total. The maximum atomic E-state index is 12.8. The zero-order chi connectivity index (χ0) is 17.9. The van der Waals surface area contributed by atoms with Crippen LogP contribution in [0.25, 0.3) is 0 Å². The highest BCUT2D eigenvalue weighted by molar-refractivity contribution is 7.13. The first-order chi connectivity index (χ1) is 12.7. The van der Waals surface area contributed by atoms with Gasteiger partial charge < -0.3 is 4.90 Å². The number of carbonyl (C=O) groups is 2. The third-order valence-corrected chi connectivity index (χ3v) is 5.59. The van der Waals surface area contributed by atoms with Crippen LogP contribution in [0.3, 0.4) is 0 Å². The van der Waals surface area contributed by atoms with Crippen molar-refractivity contribution < 1.29 is 9.59 Å². The van der Waals surface area contributed by atoms with Crippen LogP contribution < -0.4 is 5.32 Å². The molecule has 1 aliphatic carbocycles. The monoisotopic (exact) mass is 371 g/mol. The number of benzene rings is 1. The first-order valence-electron chi connectivity index (χ1n) is 8.88. The second kappa shape index (κ2) is 7.51. The van der Waals surface area contributed by atoms with Gasteiger partial charge in [0, 0.05) is 31.7 Å². The number of nitrogens with zero attached hydrogens (tertiary/aromatic N) is 4. The summed E-state index contributed by atoms with van der Waals surface area (Å²) < 4.78 is 0. The first-order valence-corrected chi connectivity index (χ1v) is 9.76. The van der Waals surface area contributed by atoms with Crippen LogP contribution >= 0.6 is 11.3 Å². The highest BCUT2D eigenvalue weighted by atomic mass is 32.1. The Labute approximate surface area is 156 Å². The van der Waals surface area contributed by atoms with Gasteiger partial charge in [-0.3, -0.25) is 19.8 Å². The average molecular weight is 371 g/mol. The standard InChI is InChI=1S/C18H21N5O2S/c24-16(20-18-21-19-12-26-18)11-22-6-8-23(9-7-22)17(25)15-5-4-13-2-1-3-14(13)10-15/h4-5,10,12H,1-3,6-9,11H2,(H,20,21,24). The number of piperazine rings is 1. The van der Waals surface area contributed by atoms with Gasteiger partial charge in [0.1, 0.15) is 5.51 Å². The van der Waals surface area contributed by atoms with E-state index in [1.807, 2.05) is 11.0 Å². The molecule has 7 nitrogen and oxygen atoms in total. The van der Waals surface area contributed by atoms with Crippen molar-refractivity contribution in [3.63, 3.8) is 0 Å². The van der Waals surface area contributed by atoms with Gasteiger partial charge in [-0.25, -0.2) is 0 Å². The van der Waals surface area contributed by atoms with Gasteiger partial charge in [-0.1, -0.05) is 17.4 Å². The molecule has 0 spiro atoms. The minimum atomic E-state index is -0.0971. The van der Waals surface area contributed by atoms with E-state index in [0.717, 1.165) is 18.4 Å². The van der Waals surface area contributed by atoms with Crippen LogP contribution in [0, 0.1) is 0 Å². The number of aryl methyl sites for hydroxylation is 2. The number of aromatic nitrogens is 2. The number of hydrogen-bond acceptors (Lipinski definition) is 6. The number of carbonyl (C=O) groups excluding carboxylic acids is 2. The number of fused-ring (bicyclic) bond motifs is 1. The van der Waals surface area contributed by atoms with Crippen LogP contribution in [0.2, 0.25) is 0 Å². The molecule has 0 bridgehead atoms. The Hall–Kier alpha value is -2.32. The molecule has 1 aliphatic heterocycles. The second-order valence-electron chi connectivity index (χ2n) is 6.70. The van der Waals surface area contributed by atoms with Crippen molar-refractivity contribution in [3.05, 3.63) is 40.4 Å². The molecule has 136 valence electrons. The highest BCUT2D eigenvalue weighted by Gasteiger charge is 2.24. The summed E-state index contributed by atoms with van der Waals surface area (Å²) >= 11 is 1.30. The van der Waals surface area contributed by atoms with Gasteiger partial charge in [0.15, 0.2) is 0 Å². The first kappa shape index (κ1) is 17.1. The fourth-order valence-electron chi connectivity index (χ4n) is 3.59. The van der Waals surface area contributed by atoms with Crippen LogP contribution in [0.1, 0.15) is 27.9 Å². The smallest absolute Gasteiger partial charge is 0.253 e. The third-order valence-electron chi connectivity index (χ3n) is 4.98. The molecule has 2 aliphatic rings. The van der Waals surface area contributed by atoms with Gasteiger partial charge >= 0.3 is 0 Å². The third kappa shape index (κ3) is 3.76. The molecule has 1 aromatic heterocycles. The normalized spacial score (nSPS) is 17.2. The summed E-state index contributed by atoms with van der Waals surface area (Å²) in [6.45, 7) is 2.98. The molecule has 0 saturated carbocycles. The van der Waals surface area contributed by atoms with Gasteiger partial charge in [0.05, 0.1) is 6.54 Å². The molecular formula is C18H21N5O2S. The van der Waals surface area contributed by atoms with Crippen LogP contribution in [0.15, 0.2) is 23.7 Å². The maximum absolute atomic E-state index is 12.8. The fourth-order valence-corrected chi connectivity index (χ4v) is 4.05. The lowest BCUT2D eigenvalue weighted by atomic mass is 10.1. The van der Waals surface area contributed by atoms with Gasteiger partial charge in [-0.2, -0.15) is 0 Å². The zero-order valence-electron chi connectivity index (χ0n) is 14.5. The predicted octanol–water partition coefficient (Wildman–Crippen LogP) is 1.42. The lowest BCUT2D eigenvalue weighted by Crippen LogP contribution is -2.50. The summed E-state index contributed by atoms with van der Waals surface area (Å²) in [5, 5.41) is 10.8. The van der Waals surface area contributed by atoms with E-state index in [-0.39, 0.29) is 11.8 Å². The van der Waals surface area contributed by atoms with E-state index in [0.29, 0.717) is 37.9 Å². The lowest BCUT2D eigenvalue weighted by molar-refractivity contribution is -0.117. The van der Waals surface area contributed by atoms with E-state index in [1.165, 1.54) is 28.9 Å². The molecule has 8 heteroatoms. The Bertz CT molecular complexity index is 800. The van der Waals surface area contributed by atoms with Crippen LogP contribution in [-0.4, -0.2) is 64.5 Å². The topological polar surface area (TPSA) is 78.4 Å². The van der Waals surface area contributed by atoms with Crippen molar-refractivity contribution in [2.24, 2.45) is 0 Å². The molecule has 1 fully saturated rings.